The highest BCUT2D eigenvalue weighted by Gasteiger charge is 2.18. The first-order valence-electron chi connectivity index (χ1n) is 6.54. The maximum absolute atomic E-state index is 11.6. The summed E-state index contributed by atoms with van der Waals surface area (Å²) in [5.41, 5.74) is 3.24. The molecule has 19 heavy (non-hydrogen) atoms. The number of ether oxygens (including phenoxy) is 1. The molecule has 0 aliphatic carbocycles. The quantitative estimate of drug-likeness (QED) is 0.484. The zero-order valence-electron chi connectivity index (χ0n) is 11.2. The SMILES string of the molecule is CN(Cc1ccsc1C(=O)NN)CC1CCOCC1. The summed E-state index contributed by atoms with van der Waals surface area (Å²) in [7, 11) is 2.09. The van der Waals surface area contributed by atoms with Crippen molar-refractivity contribution in [2.75, 3.05) is 26.8 Å². The number of amides is 1. The van der Waals surface area contributed by atoms with Crippen molar-refractivity contribution in [3.63, 3.8) is 0 Å². The molecule has 2 rings (SSSR count). The second-order valence-corrected chi connectivity index (χ2v) is 5.92. The zero-order valence-corrected chi connectivity index (χ0v) is 12.0. The third-order valence-corrected chi connectivity index (χ3v) is 4.39. The van der Waals surface area contributed by atoms with E-state index in [4.69, 9.17) is 10.6 Å². The van der Waals surface area contributed by atoms with Gasteiger partial charge in [-0.15, -0.1) is 11.3 Å². The first-order chi connectivity index (χ1) is 9.20. The van der Waals surface area contributed by atoms with Crippen molar-refractivity contribution in [2.45, 2.75) is 19.4 Å². The Hall–Kier alpha value is -0.950. The predicted octanol–water partition coefficient (Wildman–Crippen LogP) is 1.21. The predicted molar refractivity (Wildman–Crippen MR) is 75.8 cm³/mol. The van der Waals surface area contributed by atoms with Crippen molar-refractivity contribution in [3.05, 3.63) is 21.9 Å². The van der Waals surface area contributed by atoms with Crippen LogP contribution in [-0.4, -0.2) is 37.6 Å². The summed E-state index contributed by atoms with van der Waals surface area (Å²) in [6, 6.07) is 2.00. The number of nitrogens with zero attached hydrogens (tertiary/aromatic N) is 1. The molecule has 0 radical (unpaired) electrons. The Balaban J connectivity index is 1.89. The van der Waals surface area contributed by atoms with Crippen LogP contribution in [0.15, 0.2) is 11.4 Å². The minimum atomic E-state index is -0.204. The number of carbonyl (C=O) groups excluding carboxylic acids is 1. The maximum atomic E-state index is 11.6. The molecule has 1 aromatic rings. The third kappa shape index (κ3) is 4.01. The Morgan fingerprint density at radius 2 is 2.32 bits per heavy atom. The van der Waals surface area contributed by atoms with Crippen molar-refractivity contribution in [3.8, 4) is 0 Å². The van der Waals surface area contributed by atoms with Crippen LogP contribution in [0.2, 0.25) is 0 Å². The molecule has 2 heterocycles. The Bertz CT molecular complexity index is 416. The lowest BCUT2D eigenvalue weighted by atomic mass is 10.00. The van der Waals surface area contributed by atoms with E-state index in [0.29, 0.717) is 10.8 Å². The van der Waals surface area contributed by atoms with Gasteiger partial charge in [0.2, 0.25) is 0 Å². The Morgan fingerprint density at radius 3 is 3.00 bits per heavy atom. The Kier molecular flexibility index (Phi) is 5.33. The van der Waals surface area contributed by atoms with Crippen molar-refractivity contribution in [1.82, 2.24) is 10.3 Å². The van der Waals surface area contributed by atoms with Crippen molar-refractivity contribution >= 4 is 17.2 Å². The van der Waals surface area contributed by atoms with E-state index in [2.05, 4.69) is 17.4 Å². The number of thiophene rings is 1. The van der Waals surface area contributed by atoms with Gasteiger partial charge in [0.1, 0.15) is 0 Å². The van der Waals surface area contributed by atoms with E-state index in [-0.39, 0.29) is 5.91 Å². The molecule has 0 unspecified atom stereocenters. The van der Waals surface area contributed by atoms with Crippen LogP contribution in [-0.2, 0) is 11.3 Å². The van der Waals surface area contributed by atoms with E-state index in [1.165, 1.54) is 11.3 Å². The van der Waals surface area contributed by atoms with Crippen molar-refractivity contribution < 1.29 is 9.53 Å². The van der Waals surface area contributed by atoms with Gasteiger partial charge in [-0.3, -0.25) is 10.2 Å². The number of hydrogen-bond acceptors (Lipinski definition) is 5. The van der Waals surface area contributed by atoms with Gasteiger partial charge >= 0.3 is 0 Å². The Morgan fingerprint density at radius 1 is 1.58 bits per heavy atom. The van der Waals surface area contributed by atoms with Gasteiger partial charge in [0.25, 0.3) is 5.91 Å². The van der Waals surface area contributed by atoms with Gasteiger partial charge in [0.15, 0.2) is 0 Å². The molecule has 0 bridgehead atoms. The summed E-state index contributed by atoms with van der Waals surface area (Å²) in [4.78, 5) is 14.6. The summed E-state index contributed by atoms with van der Waals surface area (Å²) in [5.74, 6) is 5.69. The van der Waals surface area contributed by atoms with Gasteiger partial charge in [-0.1, -0.05) is 0 Å². The summed E-state index contributed by atoms with van der Waals surface area (Å²) in [6.07, 6.45) is 2.26. The van der Waals surface area contributed by atoms with Gasteiger partial charge in [-0.05, 0) is 42.8 Å². The molecule has 5 nitrogen and oxygen atoms in total. The highest BCUT2D eigenvalue weighted by atomic mass is 32.1. The van der Waals surface area contributed by atoms with Crippen molar-refractivity contribution in [2.24, 2.45) is 11.8 Å². The average Bonchev–Trinajstić information content (AvgIpc) is 2.87. The van der Waals surface area contributed by atoms with Crippen LogP contribution in [0.5, 0.6) is 0 Å². The monoisotopic (exact) mass is 283 g/mol. The molecule has 106 valence electrons. The van der Waals surface area contributed by atoms with E-state index in [1.807, 2.05) is 11.4 Å². The van der Waals surface area contributed by atoms with Gasteiger partial charge in [0, 0.05) is 26.3 Å². The first kappa shape index (κ1) is 14.5. The minimum Gasteiger partial charge on any atom is -0.381 e. The first-order valence-corrected chi connectivity index (χ1v) is 7.42. The summed E-state index contributed by atoms with van der Waals surface area (Å²) in [6.45, 7) is 3.57. The Labute approximate surface area is 117 Å². The molecule has 1 saturated heterocycles. The van der Waals surface area contributed by atoms with E-state index < -0.39 is 0 Å². The number of nitrogens with two attached hydrogens (primary N) is 1. The third-order valence-electron chi connectivity index (χ3n) is 3.44. The lowest BCUT2D eigenvalue weighted by Gasteiger charge is -2.27. The number of rotatable bonds is 5. The van der Waals surface area contributed by atoms with Gasteiger partial charge in [-0.2, -0.15) is 0 Å². The van der Waals surface area contributed by atoms with Gasteiger partial charge in [-0.25, -0.2) is 5.84 Å². The minimum absolute atomic E-state index is 0.204. The largest absolute Gasteiger partial charge is 0.381 e. The molecular formula is C13H21N3O2S. The lowest BCUT2D eigenvalue weighted by molar-refractivity contribution is 0.0549. The van der Waals surface area contributed by atoms with Crippen LogP contribution >= 0.6 is 11.3 Å². The molecule has 0 atom stereocenters. The standard InChI is InChI=1S/C13H21N3O2S/c1-16(8-10-2-5-18-6-3-10)9-11-4-7-19-12(11)13(17)15-14/h4,7,10H,2-3,5-6,8-9,14H2,1H3,(H,15,17). The normalized spacial score (nSPS) is 16.8. The number of nitrogen functional groups attached to an aromatic ring is 1. The molecule has 3 N–H and O–H groups in total. The fourth-order valence-corrected chi connectivity index (χ4v) is 3.27. The zero-order chi connectivity index (χ0) is 13.7. The molecule has 1 aliphatic rings. The maximum Gasteiger partial charge on any atom is 0.275 e. The molecule has 0 spiro atoms. The fraction of sp³-hybridized carbons (Fsp3) is 0.615. The molecule has 6 heteroatoms. The van der Waals surface area contributed by atoms with E-state index in [1.54, 1.807) is 0 Å². The molecule has 0 aromatic carbocycles. The van der Waals surface area contributed by atoms with E-state index in [0.717, 1.165) is 44.7 Å². The van der Waals surface area contributed by atoms with Crippen LogP contribution in [0.3, 0.4) is 0 Å². The average molecular weight is 283 g/mol. The van der Waals surface area contributed by atoms with Crippen LogP contribution in [0.4, 0.5) is 0 Å². The molecule has 1 fully saturated rings. The van der Waals surface area contributed by atoms with Crippen LogP contribution in [0.1, 0.15) is 28.1 Å². The second-order valence-electron chi connectivity index (χ2n) is 5.00. The highest BCUT2D eigenvalue weighted by Crippen LogP contribution is 2.20. The van der Waals surface area contributed by atoms with Crippen molar-refractivity contribution in [1.29, 1.82) is 0 Å². The van der Waals surface area contributed by atoms with E-state index >= 15 is 0 Å². The molecule has 1 amide bonds. The van der Waals surface area contributed by atoms with Gasteiger partial charge < -0.3 is 9.64 Å². The van der Waals surface area contributed by atoms with Crippen LogP contribution < -0.4 is 11.3 Å². The number of carbonyl (C=O) groups is 1. The lowest BCUT2D eigenvalue weighted by Crippen LogP contribution is -2.32. The topological polar surface area (TPSA) is 67.6 Å². The number of hydrogen-bond donors (Lipinski definition) is 2. The molecule has 0 saturated carbocycles. The van der Waals surface area contributed by atoms with Crippen LogP contribution in [0, 0.1) is 5.92 Å². The highest BCUT2D eigenvalue weighted by molar-refractivity contribution is 7.12. The van der Waals surface area contributed by atoms with Gasteiger partial charge in [0.05, 0.1) is 4.88 Å². The van der Waals surface area contributed by atoms with E-state index in [9.17, 15) is 4.79 Å². The number of hydrazine groups is 1. The summed E-state index contributed by atoms with van der Waals surface area (Å²) < 4.78 is 5.37. The smallest absolute Gasteiger partial charge is 0.275 e. The molecule has 1 aromatic heterocycles. The summed E-state index contributed by atoms with van der Waals surface area (Å²) in [5, 5.41) is 1.93. The van der Waals surface area contributed by atoms with Crippen LogP contribution in [0.25, 0.3) is 0 Å². The number of nitrogens with one attached hydrogen (secondary N) is 1. The molecular weight excluding hydrogens is 262 g/mol. The second kappa shape index (κ2) is 7.00. The summed E-state index contributed by atoms with van der Waals surface area (Å²) >= 11 is 1.43. The fourth-order valence-electron chi connectivity index (χ4n) is 2.45. The molecule has 1 aliphatic heterocycles.